The van der Waals surface area contributed by atoms with E-state index in [1.807, 2.05) is 0 Å². The largest absolute Gasteiger partial charge is 0.472 e. The average Bonchev–Trinajstić information content (AvgIpc) is 2.53. The van der Waals surface area contributed by atoms with Crippen LogP contribution in [0.25, 0.3) is 0 Å². The first-order chi connectivity index (χ1) is 12.0. The second-order valence-corrected chi connectivity index (χ2v) is 7.36. The molecule has 0 radical (unpaired) electrons. The first-order valence-corrected chi connectivity index (χ1v) is 10.5. The molecule has 0 aliphatic rings. The van der Waals surface area contributed by atoms with E-state index in [4.69, 9.17) is 15.3 Å². The Balaban J connectivity index is 0. The van der Waals surface area contributed by atoms with Crippen molar-refractivity contribution in [2.75, 3.05) is 20.6 Å². The summed E-state index contributed by atoms with van der Waals surface area (Å²) in [4.78, 5) is 10.8. The van der Waals surface area contributed by atoms with Crippen LogP contribution in [-0.2, 0) is 0 Å². The molecule has 0 rings (SSSR count). The van der Waals surface area contributed by atoms with Crippen LogP contribution in [0.15, 0.2) is 0 Å². The fraction of sp³-hybridized carbons (Fsp3) is 1.00. The predicted octanol–water partition coefficient (Wildman–Crippen LogP) is 6.35. The molecule has 2 N–H and O–H groups in total. The van der Waals surface area contributed by atoms with Crippen molar-refractivity contribution in [1.82, 2.24) is 4.90 Å². The first kappa shape index (κ1) is 26.4. The van der Waals surface area contributed by atoms with Gasteiger partial charge in [0.25, 0.3) is 0 Å². The van der Waals surface area contributed by atoms with E-state index in [-0.39, 0.29) is 0 Å². The summed E-state index contributed by atoms with van der Waals surface area (Å²) in [7, 11) is 4.34. The third kappa shape index (κ3) is 35.2. The zero-order valence-corrected chi connectivity index (χ0v) is 17.2. The Labute approximate surface area is 156 Å². The SMILES string of the molecule is CCCCCCCCCCCCCCCCCCN(C)C.O=[N+](O)O. The maximum Gasteiger partial charge on any atom is 0.472 e. The number of rotatable bonds is 17. The van der Waals surface area contributed by atoms with Crippen LogP contribution in [0.1, 0.15) is 110 Å². The molecule has 0 bridgehead atoms. The van der Waals surface area contributed by atoms with E-state index in [0.717, 1.165) is 0 Å². The van der Waals surface area contributed by atoms with Gasteiger partial charge >= 0.3 is 5.09 Å². The van der Waals surface area contributed by atoms with Crippen molar-refractivity contribution in [3.8, 4) is 0 Å². The second kappa shape index (κ2) is 23.2. The molecule has 0 fully saturated rings. The van der Waals surface area contributed by atoms with Gasteiger partial charge in [-0.1, -0.05) is 103 Å². The lowest BCUT2D eigenvalue weighted by Crippen LogP contribution is -2.12. The molecule has 152 valence electrons. The molecule has 0 unspecified atom stereocenters. The molecule has 0 amide bonds. The van der Waals surface area contributed by atoms with Gasteiger partial charge in [-0.3, -0.25) is 0 Å². The highest BCUT2D eigenvalue weighted by Gasteiger charge is 1.95. The third-order valence-corrected chi connectivity index (χ3v) is 4.46. The van der Waals surface area contributed by atoms with Crippen LogP contribution in [0.2, 0.25) is 0 Å². The summed E-state index contributed by atoms with van der Waals surface area (Å²) in [5, 5.41) is 12.5. The number of nitrogens with zero attached hydrogens (tertiary/aromatic N) is 2. The molecule has 0 aliphatic carbocycles. The summed E-state index contributed by atoms with van der Waals surface area (Å²) in [5.41, 5.74) is 0. The van der Waals surface area contributed by atoms with Crippen LogP contribution < -0.4 is 0 Å². The molecule has 0 spiro atoms. The van der Waals surface area contributed by atoms with Crippen LogP contribution >= 0.6 is 0 Å². The normalized spacial score (nSPS) is 10.6. The summed E-state index contributed by atoms with van der Waals surface area (Å²) in [6, 6.07) is 0. The lowest BCUT2D eigenvalue weighted by Gasteiger charge is -2.08. The lowest BCUT2D eigenvalue weighted by molar-refractivity contribution is -0.969. The van der Waals surface area contributed by atoms with Crippen molar-refractivity contribution in [2.45, 2.75) is 110 Å². The first-order valence-electron chi connectivity index (χ1n) is 10.5. The Morgan fingerprint density at radius 1 is 0.600 bits per heavy atom. The summed E-state index contributed by atoms with van der Waals surface area (Å²) < 4.78 is 0. The van der Waals surface area contributed by atoms with Gasteiger partial charge < -0.3 is 4.90 Å². The van der Waals surface area contributed by atoms with Crippen molar-refractivity contribution in [3.63, 3.8) is 0 Å². The molecule has 0 aromatic heterocycles. The molecule has 0 aliphatic heterocycles. The molecule has 5 nitrogen and oxygen atoms in total. The monoisotopic (exact) mass is 361 g/mol. The maximum absolute atomic E-state index is 8.47. The second-order valence-electron chi connectivity index (χ2n) is 7.36. The lowest BCUT2D eigenvalue weighted by atomic mass is 10.0. The summed E-state index contributed by atoms with van der Waals surface area (Å²) in [5.74, 6) is 0. The molecule has 25 heavy (non-hydrogen) atoms. The minimum atomic E-state index is -1.25. The van der Waals surface area contributed by atoms with E-state index in [1.165, 1.54) is 109 Å². The molecule has 0 atom stereocenters. The van der Waals surface area contributed by atoms with Crippen molar-refractivity contribution in [3.05, 3.63) is 4.91 Å². The standard InChI is InChI=1S/C20H43N.H2NO3/c1-4-5-6-7-8-9-10-11-12-13-14-15-16-17-18-19-20-21(2)3;2-1(3)4/h4-20H2,1-3H3;(H2,2,3,4)/q;+1. The van der Waals surface area contributed by atoms with Gasteiger partial charge in [0, 0.05) is 0 Å². The van der Waals surface area contributed by atoms with Crippen LogP contribution in [0.3, 0.4) is 0 Å². The highest BCUT2D eigenvalue weighted by Crippen LogP contribution is 2.13. The molecule has 0 heterocycles. The molecule has 0 saturated heterocycles. The van der Waals surface area contributed by atoms with E-state index >= 15 is 0 Å². The van der Waals surface area contributed by atoms with E-state index in [0.29, 0.717) is 0 Å². The van der Waals surface area contributed by atoms with Crippen molar-refractivity contribution >= 4 is 0 Å². The van der Waals surface area contributed by atoms with Crippen LogP contribution in [0.4, 0.5) is 0 Å². The van der Waals surface area contributed by atoms with Crippen LogP contribution in [-0.4, -0.2) is 41.0 Å². The molecule has 0 saturated carbocycles. The van der Waals surface area contributed by atoms with Gasteiger partial charge in [-0.2, -0.15) is 0 Å². The third-order valence-electron chi connectivity index (χ3n) is 4.46. The molecule has 0 aromatic carbocycles. The fourth-order valence-electron chi connectivity index (χ4n) is 2.98. The minimum Gasteiger partial charge on any atom is -0.309 e. The van der Waals surface area contributed by atoms with Gasteiger partial charge in [-0.25, -0.2) is 10.4 Å². The summed E-state index contributed by atoms with van der Waals surface area (Å²) in [6.45, 7) is 3.56. The smallest absolute Gasteiger partial charge is 0.309 e. The highest BCUT2D eigenvalue weighted by atomic mass is 16.9. The molecular weight excluding hydrogens is 316 g/mol. The van der Waals surface area contributed by atoms with Gasteiger partial charge in [-0.15, -0.1) is 0 Å². The Morgan fingerprint density at radius 2 is 0.840 bits per heavy atom. The van der Waals surface area contributed by atoms with Gasteiger partial charge in [0.15, 0.2) is 0 Å². The van der Waals surface area contributed by atoms with Gasteiger partial charge in [0.1, 0.15) is 4.91 Å². The Bertz CT molecular complexity index is 257. The molecular formula is C20H45N2O3+. The topological polar surface area (TPSA) is 63.8 Å². The van der Waals surface area contributed by atoms with Crippen LogP contribution in [0, 0.1) is 4.91 Å². The minimum absolute atomic E-state index is 1.25. The van der Waals surface area contributed by atoms with Gasteiger partial charge in [-0.05, 0) is 27.1 Å². The predicted molar refractivity (Wildman–Crippen MR) is 105 cm³/mol. The quantitative estimate of drug-likeness (QED) is 0.234. The molecule has 0 aromatic rings. The Hall–Kier alpha value is -0.840. The molecule has 5 heteroatoms. The van der Waals surface area contributed by atoms with Gasteiger partial charge in [0.2, 0.25) is 0 Å². The summed E-state index contributed by atoms with van der Waals surface area (Å²) >= 11 is 0. The zero-order valence-electron chi connectivity index (χ0n) is 17.2. The van der Waals surface area contributed by atoms with E-state index < -0.39 is 5.09 Å². The van der Waals surface area contributed by atoms with E-state index in [9.17, 15) is 0 Å². The number of hydrogen-bond acceptors (Lipinski definition) is 2. The van der Waals surface area contributed by atoms with Crippen molar-refractivity contribution < 1.29 is 15.5 Å². The number of unbranched alkanes of at least 4 members (excludes halogenated alkanes) is 15. The van der Waals surface area contributed by atoms with Crippen molar-refractivity contribution in [1.29, 1.82) is 0 Å². The zero-order chi connectivity index (χ0) is 19.2. The average molecular weight is 362 g/mol. The Morgan fingerprint density at radius 3 is 1.08 bits per heavy atom. The fourth-order valence-corrected chi connectivity index (χ4v) is 2.98. The summed E-state index contributed by atoms with van der Waals surface area (Å²) in [6.07, 6.45) is 23.3. The van der Waals surface area contributed by atoms with Gasteiger partial charge in [0.05, 0.1) is 0 Å². The highest BCUT2D eigenvalue weighted by molar-refractivity contribution is 4.50. The number of hydrogen-bond donors (Lipinski definition) is 2. The van der Waals surface area contributed by atoms with E-state index in [2.05, 4.69) is 25.9 Å². The van der Waals surface area contributed by atoms with Crippen molar-refractivity contribution in [2.24, 2.45) is 0 Å². The maximum atomic E-state index is 8.47. The van der Waals surface area contributed by atoms with Crippen LogP contribution in [0.5, 0.6) is 0 Å². The Kier molecular flexibility index (Phi) is 24.4. The van der Waals surface area contributed by atoms with E-state index in [1.54, 1.807) is 0 Å².